The molecule has 0 bridgehead atoms. The van der Waals surface area contributed by atoms with Crippen molar-refractivity contribution in [1.29, 1.82) is 0 Å². The summed E-state index contributed by atoms with van der Waals surface area (Å²) >= 11 is 0. The number of rotatable bonds is 6. The Morgan fingerprint density at radius 2 is 2.15 bits per heavy atom. The molecule has 0 aliphatic carbocycles. The van der Waals surface area contributed by atoms with Crippen molar-refractivity contribution in [2.75, 3.05) is 12.8 Å². The number of nitrogens with one attached hydrogen (secondary N) is 2. The van der Waals surface area contributed by atoms with Gasteiger partial charge < -0.3 is 5.32 Å². The fourth-order valence-electron chi connectivity index (χ4n) is 1.47. The van der Waals surface area contributed by atoms with E-state index in [0.29, 0.717) is 5.69 Å². The van der Waals surface area contributed by atoms with Gasteiger partial charge in [0, 0.05) is 24.4 Å². The van der Waals surface area contributed by atoms with Crippen molar-refractivity contribution in [3.8, 4) is 0 Å². The minimum absolute atomic E-state index is 0.174. The SMILES string of the molecule is CC(C)(CNC(=O)/C=C/c1ccncn1)NS(C)(=O)=O. The van der Waals surface area contributed by atoms with Gasteiger partial charge in [0.15, 0.2) is 0 Å². The Morgan fingerprint density at radius 1 is 1.45 bits per heavy atom. The van der Waals surface area contributed by atoms with E-state index in [-0.39, 0.29) is 12.5 Å². The summed E-state index contributed by atoms with van der Waals surface area (Å²) in [6.07, 6.45) is 6.92. The fraction of sp³-hybridized carbons (Fsp3) is 0.417. The van der Waals surface area contributed by atoms with Crippen molar-refractivity contribution in [3.63, 3.8) is 0 Å². The van der Waals surface area contributed by atoms with Crippen molar-refractivity contribution in [1.82, 2.24) is 20.0 Å². The van der Waals surface area contributed by atoms with Gasteiger partial charge in [0.05, 0.1) is 11.9 Å². The maximum Gasteiger partial charge on any atom is 0.244 e. The van der Waals surface area contributed by atoms with Crippen LogP contribution in [0.3, 0.4) is 0 Å². The monoisotopic (exact) mass is 298 g/mol. The molecule has 110 valence electrons. The molecule has 0 atom stereocenters. The number of sulfonamides is 1. The van der Waals surface area contributed by atoms with Crippen molar-refractivity contribution in [3.05, 3.63) is 30.4 Å². The number of carbonyl (C=O) groups excluding carboxylic acids is 1. The molecule has 1 amide bonds. The maximum atomic E-state index is 11.6. The topological polar surface area (TPSA) is 101 Å². The Hall–Kier alpha value is -1.80. The lowest BCUT2D eigenvalue weighted by Gasteiger charge is -2.24. The van der Waals surface area contributed by atoms with Crippen molar-refractivity contribution in [2.45, 2.75) is 19.4 Å². The highest BCUT2D eigenvalue weighted by atomic mass is 32.2. The van der Waals surface area contributed by atoms with Gasteiger partial charge in [-0.3, -0.25) is 4.79 Å². The molecule has 8 heteroatoms. The van der Waals surface area contributed by atoms with Crippen LogP contribution in [0, 0.1) is 0 Å². The first-order valence-corrected chi connectivity index (χ1v) is 7.78. The van der Waals surface area contributed by atoms with E-state index in [1.165, 1.54) is 12.4 Å². The van der Waals surface area contributed by atoms with E-state index in [4.69, 9.17) is 0 Å². The minimum atomic E-state index is -3.32. The second-order valence-corrected chi connectivity index (χ2v) is 6.69. The Balaban J connectivity index is 2.49. The fourth-order valence-corrected chi connectivity index (χ4v) is 2.54. The lowest BCUT2D eigenvalue weighted by molar-refractivity contribution is -0.116. The van der Waals surface area contributed by atoms with Gasteiger partial charge in [-0.2, -0.15) is 0 Å². The van der Waals surface area contributed by atoms with E-state index >= 15 is 0 Å². The summed E-state index contributed by atoms with van der Waals surface area (Å²) < 4.78 is 24.7. The second-order valence-electron chi connectivity index (χ2n) is 4.94. The summed E-state index contributed by atoms with van der Waals surface area (Å²) in [5.41, 5.74) is -0.143. The molecule has 7 nitrogen and oxygen atoms in total. The minimum Gasteiger partial charge on any atom is -0.351 e. The van der Waals surface area contributed by atoms with Gasteiger partial charge in [0.1, 0.15) is 6.33 Å². The van der Waals surface area contributed by atoms with Gasteiger partial charge in [0.2, 0.25) is 15.9 Å². The molecule has 1 rings (SSSR count). The van der Waals surface area contributed by atoms with E-state index in [9.17, 15) is 13.2 Å². The molecule has 0 aromatic carbocycles. The van der Waals surface area contributed by atoms with Gasteiger partial charge in [-0.15, -0.1) is 0 Å². The summed E-state index contributed by atoms with van der Waals surface area (Å²) in [6, 6.07) is 1.67. The average Bonchev–Trinajstić information content (AvgIpc) is 2.32. The van der Waals surface area contributed by atoms with E-state index in [1.54, 1.807) is 32.2 Å². The normalized spacial score (nSPS) is 12.6. The van der Waals surface area contributed by atoms with Gasteiger partial charge in [-0.1, -0.05) is 0 Å². The highest BCUT2D eigenvalue weighted by Gasteiger charge is 2.22. The van der Waals surface area contributed by atoms with E-state index in [2.05, 4.69) is 20.0 Å². The number of aromatic nitrogens is 2. The maximum absolute atomic E-state index is 11.6. The van der Waals surface area contributed by atoms with Crippen LogP contribution < -0.4 is 10.0 Å². The Morgan fingerprint density at radius 3 is 2.70 bits per heavy atom. The van der Waals surface area contributed by atoms with Crippen LogP contribution in [-0.2, 0) is 14.8 Å². The number of carbonyl (C=O) groups is 1. The van der Waals surface area contributed by atoms with E-state index in [1.807, 2.05) is 0 Å². The van der Waals surface area contributed by atoms with Crippen LogP contribution in [0.15, 0.2) is 24.7 Å². The Bertz CT molecular complexity index is 582. The zero-order valence-corrected chi connectivity index (χ0v) is 12.4. The zero-order chi connectivity index (χ0) is 15.2. The van der Waals surface area contributed by atoms with Gasteiger partial charge in [0.25, 0.3) is 0 Å². The van der Waals surface area contributed by atoms with Crippen molar-refractivity contribution < 1.29 is 13.2 Å². The molecule has 0 aliphatic rings. The summed E-state index contributed by atoms with van der Waals surface area (Å²) in [6.45, 7) is 3.54. The Labute approximate surface area is 118 Å². The van der Waals surface area contributed by atoms with Crippen LogP contribution in [0.5, 0.6) is 0 Å². The standard InChI is InChI=1S/C12H18N4O3S/c1-12(2,16-20(3,18)19)8-14-11(17)5-4-10-6-7-13-9-15-10/h4-7,9,16H,8H2,1-3H3,(H,14,17)/b5-4+. The second kappa shape index (κ2) is 6.58. The smallest absolute Gasteiger partial charge is 0.244 e. The highest BCUT2D eigenvalue weighted by molar-refractivity contribution is 7.88. The van der Waals surface area contributed by atoms with Crippen LogP contribution in [0.2, 0.25) is 0 Å². The largest absolute Gasteiger partial charge is 0.351 e. The van der Waals surface area contributed by atoms with Gasteiger partial charge in [-0.25, -0.2) is 23.1 Å². The molecular weight excluding hydrogens is 280 g/mol. The zero-order valence-electron chi connectivity index (χ0n) is 11.6. The van der Waals surface area contributed by atoms with Gasteiger partial charge >= 0.3 is 0 Å². The molecule has 0 saturated carbocycles. The van der Waals surface area contributed by atoms with Crippen LogP contribution in [0.1, 0.15) is 19.5 Å². The summed E-state index contributed by atoms with van der Waals surface area (Å²) in [5, 5.41) is 2.62. The molecule has 0 fully saturated rings. The van der Waals surface area contributed by atoms with Crippen LogP contribution in [0.25, 0.3) is 6.08 Å². The summed E-state index contributed by atoms with van der Waals surface area (Å²) in [5.74, 6) is -0.327. The van der Waals surface area contributed by atoms with Crippen molar-refractivity contribution in [2.24, 2.45) is 0 Å². The van der Waals surface area contributed by atoms with Crippen LogP contribution in [-0.4, -0.2) is 42.6 Å². The lowest BCUT2D eigenvalue weighted by Crippen LogP contribution is -2.50. The molecule has 1 aromatic heterocycles. The molecule has 0 aliphatic heterocycles. The van der Waals surface area contributed by atoms with Crippen molar-refractivity contribution >= 4 is 22.0 Å². The lowest BCUT2D eigenvalue weighted by atomic mass is 10.1. The highest BCUT2D eigenvalue weighted by Crippen LogP contribution is 2.02. The first kappa shape index (κ1) is 16.3. The molecule has 0 saturated heterocycles. The predicted octanol–water partition coefficient (Wildman–Crippen LogP) is -0.0662. The first-order valence-electron chi connectivity index (χ1n) is 5.89. The molecule has 2 N–H and O–H groups in total. The summed E-state index contributed by atoms with van der Waals surface area (Å²) in [7, 11) is -3.32. The number of hydrogen-bond acceptors (Lipinski definition) is 5. The Kier molecular flexibility index (Phi) is 5.34. The molecule has 1 heterocycles. The number of hydrogen-bond donors (Lipinski definition) is 2. The van der Waals surface area contributed by atoms with Gasteiger partial charge in [-0.05, 0) is 26.0 Å². The van der Waals surface area contributed by atoms with Crippen LogP contribution >= 0.6 is 0 Å². The molecule has 1 aromatic rings. The molecule has 0 spiro atoms. The predicted molar refractivity (Wildman–Crippen MR) is 76.1 cm³/mol. The van der Waals surface area contributed by atoms with E-state index < -0.39 is 15.6 Å². The molecule has 0 radical (unpaired) electrons. The first-order chi connectivity index (χ1) is 9.18. The third-order valence-electron chi connectivity index (χ3n) is 2.18. The third kappa shape index (κ3) is 6.95. The van der Waals surface area contributed by atoms with E-state index in [0.717, 1.165) is 6.26 Å². The molecule has 20 heavy (non-hydrogen) atoms. The summed E-state index contributed by atoms with van der Waals surface area (Å²) in [4.78, 5) is 19.3. The molecule has 0 unspecified atom stereocenters. The average molecular weight is 298 g/mol. The number of nitrogens with zero attached hydrogens (tertiary/aromatic N) is 2. The quantitative estimate of drug-likeness (QED) is 0.716. The third-order valence-corrected chi connectivity index (χ3v) is 3.10. The van der Waals surface area contributed by atoms with Crippen LogP contribution in [0.4, 0.5) is 0 Å². The molecular formula is C12H18N4O3S. The number of amides is 1.